The Labute approximate surface area is 157 Å². The van der Waals surface area contributed by atoms with E-state index < -0.39 is 0 Å². The highest BCUT2D eigenvalue weighted by molar-refractivity contribution is 8.00. The first-order valence-corrected chi connectivity index (χ1v) is 9.86. The molecule has 26 heavy (non-hydrogen) atoms. The number of methoxy groups -OCH3 is 1. The molecule has 0 aromatic heterocycles. The number of ether oxygens (including phenoxy) is 1. The molecular formula is C18H25N3O4S. The summed E-state index contributed by atoms with van der Waals surface area (Å²) in [4.78, 5) is 30.3. The van der Waals surface area contributed by atoms with Gasteiger partial charge >= 0.3 is 5.97 Å². The van der Waals surface area contributed by atoms with Crippen LogP contribution in [0.4, 0.5) is 5.69 Å². The molecule has 8 heteroatoms. The summed E-state index contributed by atoms with van der Waals surface area (Å²) in [6.07, 6.45) is 0. The molecule has 142 valence electrons. The summed E-state index contributed by atoms with van der Waals surface area (Å²) in [5.41, 5.74) is 0.840. The third kappa shape index (κ3) is 4.42. The van der Waals surface area contributed by atoms with Crippen molar-refractivity contribution in [2.45, 2.75) is 5.25 Å². The predicted octanol–water partition coefficient (Wildman–Crippen LogP) is 0.631. The molecule has 0 unspecified atom stereocenters. The van der Waals surface area contributed by atoms with Gasteiger partial charge in [-0.25, -0.2) is 0 Å². The Morgan fingerprint density at radius 3 is 2.62 bits per heavy atom. The number of amides is 1. The van der Waals surface area contributed by atoms with Crippen LogP contribution in [0.5, 0.6) is 5.75 Å². The first kappa shape index (κ1) is 18.8. The number of thioether (sulfide) groups is 1. The van der Waals surface area contributed by atoms with E-state index >= 15 is 0 Å². The molecule has 2 aliphatic rings. The first-order valence-electron chi connectivity index (χ1n) is 8.81. The third-order valence-corrected chi connectivity index (χ3v) is 6.00. The van der Waals surface area contributed by atoms with Crippen LogP contribution in [0.25, 0.3) is 0 Å². The minimum atomic E-state index is -0.282. The number of phenolic OH excluding ortho intramolecular Hbond substituents is 1. The second-order valence-electron chi connectivity index (χ2n) is 6.47. The molecule has 2 fully saturated rings. The van der Waals surface area contributed by atoms with Gasteiger partial charge in [-0.05, 0) is 12.1 Å². The predicted molar refractivity (Wildman–Crippen MR) is 102 cm³/mol. The fourth-order valence-corrected chi connectivity index (χ4v) is 4.45. The summed E-state index contributed by atoms with van der Waals surface area (Å²) in [7, 11) is 1.38. The number of hydrogen-bond donors (Lipinski definition) is 1. The van der Waals surface area contributed by atoms with Gasteiger partial charge in [-0.15, -0.1) is 11.8 Å². The fraction of sp³-hybridized carbons (Fsp3) is 0.556. The van der Waals surface area contributed by atoms with Gasteiger partial charge in [0.25, 0.3) is 0 Å². The maximum atomic E-state index is 12.6. The van der Waals surface area contributed by atoms with E-state index in [4.69, 9.17) is 4.74 Å². The number of nitrogens with zero attached hydrogens (tertiary/aromatic N) is 3. The highest BCUT2D eigenvalue weighted by atomic mass is 32.2. The van der Waals surface area contributed by atoms with Crippen LogP contribution in [0.1, 0.15) is 0 Å². The van der Waals surface area contributed by atoms with Crippen LogP contribution < -0.4 is 4.90 Å². The van der Waals surface area contributed by atoms with Crippen LogP contribution >= 0.6 is 11.8 Å². The van der Waals surface area contributed by atoms with Crippen LogP contribution in [0.3, 0.4) is 0 Å². The Bertz CT molecular complexity index is 649. The number of aromatic hydroxyl groups is 1. The molecular weight excluding hydrogens is 354 g/mol. The quantitative estimate of drug-likeness (QED) is 0.769. The van der Waals surface area contributed by atoms with Crippen LogP contribution in [-0.4, -0.2) is 90.7 Å². The van der Waals surface area contributed by atoms with E-state index in [1.165, 1.54) is 7.11 Å². The summed E-state index contributed by atoms with van der Waals surface area (Å²) in [6, 6.07) is 7.33. The minimum Gasteiger partial charge on any atom is -0.506 e. The second-order valence-corrected chi connectivity index (χ2v) is 7.78. The van der Waals surface area contributed by atoms with Crippen molar-refractivity contribution >= 4 is 29.3 Å². The molecule has 2 aliphatic heterocycles. The zero-order chi connectivity index (χ0) is 18.5. The van der Waals surface area contributed by atoms with Crippen molar-refractivity contribution in [2.24, 2.45) is 0 Å². The lowest BCUT2D eigenvalue weighted by molar-refractivity contribution is -0.141. The Balaban J connectivity index is 1.49. The van der Waals surface area contributed by atoms with Crippen molar-refractivity contribution in [3.63, 3.8) is 0 Å². The van der Waals surface area contributed by atoms with Gasteiger partial charge in [0.1, 0.15) is 11.0 Å². The number of rotatable bonds is 4. The summed E-state index contributed by atoms with van der Waals surface area (Å²) in [6.45, 7) is 4.54. The molecule has 2 heterocycles. The van der Waals surface area contributed by atoms with Crippen molar-refractivity contribution in [1.82, 2.24) is 9.80 Å². The molecule has 2 saturated heterocycles. The van der Waals surface area contributed by atoms with Gasteiger partial charge in [0, 0.05) is 45.0 Å². The van der Waals surface area contributed by atoms with Gasteiger partial charge in [0.05, 0.1) is 19.3 Å². The lowest BCUT2D eigenvalue weighted by Gasteiger charge is -2.37. The number of benzene rings is 1. The molecule has 1 aromatic rings. The average Bonchev–Trinajstić information content (AvgIpc) is 2.68. The highest BCUT2D eigenvalue weighted by Gasteiger charge is 2.30. The Hall–Kier alpha value is -1.93. The summed E-state index contributed by atoms with van der Waals surface area (Å²) in [5.74, 6) is 0.850. The van der Waals surface area contributed by atoms with Crippen LogP contribution in [0.2, 0.25) is 0 Å². The van der Waals surface area contributed by atoms with Gasteiger partial charge in [0.15, 0.2) is 0 Å². The summed E-state index contributed by atoms with van der Waals surface area (Å²) >= 11 is 1.55. The van der Waals surface area contributed by atoms with E-state index in [1.54, 1.807) is 22.7 Å². The van der Waals surface area contributed by atoms with E-state index in [2.05, 4.69) is 9.80 Å². The zero-order valence-electron chi connectivity index (χ0n) is 15.0. The zero-order valence-corrected chi connectivity index (χ0v) is 15.8. The van der Waals surface area contributed by atoms with E-state index in [0.29, 0.717) is 19.6 Å². The molecule has 1 N–H and O–H groups in total. The Morgan fingerprint density at radius 1 is 1.19 bits per heavy atom. The molecule has 0 saturated carbocycles. The molecule has 0 aliphatic carbocycles. The SMILES string of the molecule is COC(=O)[C@@H]1CN(C(=O)CN2CCN(c3ccccc3O)CC2)CCS1. The van der Waals surface area contributed by atoms with Crippen molar-refractivity contribution in [2.75, 3.05) is 63.6 Å². The molecule has 0 spiro atoms. The number of anilines is 1. The molecule has 3 rings (SSSR count). The number of esters is 1. The lowest BCUT2D eigenvalue weighted by atomic mass is 10.2. The van der Waals surface area contributed by atoms with E-state index in [-0.39, 0.29) is 22.9 Å². The van der Waals surface area contributed by atoms with Crippen molar-refractivity contribution < 1.29 is 19.4 Å². The number of piperazine rings is 1. The normalized spacial score (nSPS) is 21.5. The topological polar surface area (TPSA) is 73.3 Å². The Morgan fingerprint density at radius 2 is 1.92 bits per heavy atom. The van der Waals surface area contributed by atoms with Gasteiger partial charge in [-0.1, -0.05) is 12.1 Å². The molecule has 1 amide bonds. The van der Waals surface area contributed by atoms with Gasteiger partial charge < -0.3 is 19.6 Å². The number of para-hydroxylation sites is 2. The summed E-state index contributed by atoms with van der Waals surface area (Å²) in [5, 5.41) is 9.70. The number of hydrogen-bond acceptors (Lipinski definition) is 7. The monoisotopic (exact) mass is 379 g/mol. The van der Waals surface area contributed by atoms with Crippen molar-refractivity contribution in [3.8, 4) is 5.75 Å². The third-order valence-electron chi connectivity index (χ3n) is 4.84. The standard InChI is InChI=1S/C18H25N3O4S/c1-25-18(24)16-12-21(10-11-26-16)17(23)13-19-6-8-20(9-7-19)14-4-2-3-5-15(14)22/h2-5,16,22H,6-13H2,1H3/t16-/m0/s1. The van der Waals surface area contributed by atoms with Crippen LogP contribution in [0.15, 0.2) is 24.3 Å². The van der Waals surface area contributed by atoms with E-state index in [0.717, 1.165) is 37.6 Å². The molecule has 0 bridgehead atoms. The van der Waals surface area contributed by atoms with Gasteiger partial charge in [0.2, 0.25) is 5.91 Å². The molecule has 1 aromatic carbocycles. The van der Waals surface area contributed by atoms with E-state index in [1.807, 2.05) is 18.2 Å². The smallest absolute Gasteiger partial charge is 0.320 e. The number of carbonyl (C=O) groups excluding carboxylic acids is 2. The number of phenols is 1. The second kappa shape index (κ2) is 8.64. The van der Waals surface area contributed by atoms with E-state index in [9.17, 15) is 14.7 Å². The van der Waals surface area contributed by atoms with Gasteiger partial charge in [-0.2, -0.15) is 0 Å². The van der Waals surface area contributed by atoms with Gasteiger partial charge in [-0.3, -0.25) is 14.5 Å². The maximum Gasteiger partial charge on any atom is 0.320 e. The van der Waals surface area contributed by atoms with Crippen molar-refractivity contribution in [3.05, 3.63) is 24.3 Å². The molecule has 0 radical (unpaired) electrons. The lowest BCUT2D eigenvalue weighted by Crippen LogP contribution is -2.52. The maximum absolute atomic E-state index is 12.6. The largest absolute Gasteiger partial charge is 0.506 e. The molecule has 7 nitrogen and oxygen atoms in total. The highest BCUT2D eigenvalue weighted by Crippen LogP contribution is 2.27. The van der Waals surface area contributed by atoms with Crippen molar-refractivity contribution in [1.29, 1.82) is 0 Å². The Kier molecular flexibility index (Phi) is 6.26. The summed E-state index contributed by atoms with van der Waals surface area (Å²) < 4.78 is 4.80. The number of carbonyl (C=O) groups is 2. The first-order chi connectivity index (χ1) is 12.6. The minimum absolute atomic E-state index is 0.0650. The fourth-order valence-electron chi connectivity index (χ4n) is 3.32. The molecule has 1 atom stereocenters. The average molecular weight is 379 g/mol. The van der Waals surface area contributed by atoms with Crippen LogP contribution in [0, 0.1) is 0 Å². The van der Waals surface area contributed by atoms with Crippen LogP contribution in [-0.2, 0) is 14.3 Å².